The summed E-state index contributed by atoms with van der Waals surface area (Å²) in [4.78, 5) is 24.1. The van der Waals surface area contributed by atoms with Gasteiger partial charge in [0.1, 0.15) is 10.9 Å². The summed E-state index contributed by atoms with van der Waals surface area (Å²) in [6.45, 7) is -0.491. The third-order valence-electron chi connectivity index (χ3n) is 2.75. The molecule has 1 amide bonds. The molecule has 1 aliphatic heterocycles. The van der Waals surface area contributed by atoms with Crippen molar-refractivity contribution in [3.05, 3.63) is 27.6 Å². The highest BCUT2D eigenvalue weighted by Crippen LogP contribution is 2.37. The molecule has 0 saturated carbocycles. The summed E-state index contributed by atoms with van der Waals surface area (Å²) in [5.74, 6) is -1.57. The van der Waals surface area contributed by atoms with Crippen LogP contribution in [0.15, 0.2) is 17.0 Å². The Bertz CT molecular complexity index is 704. The van der Waals surface area contributed by atoms with E-state index in [1.54, 1.807) is 0 Å². The van der Waals surface area contributed by atoms with E-state index in [0.29, 0.717) is 5.56 Å². The molecule has 9 heteroatoms. The van der Waals surface area contributed by atoms with Crippen molar-refractivity contribution in [2.75, 3.05) is 13.7 Å². The van der Waals surface area contributed by atoms with Crippen molar-refractivity contribution in [3.8, 4) is 11.5 Å². The normalized spacial score (nSPS) is 16.5. The lowest BCUT2D eigenvalue weighted by atomic mass is 10.2. The Balaban J connectivity index is 2.36. The van der Waals surface area contributed by atoms with Gasteiger partial charge in [0.2, 0.25) is 0 Å². The number of benzene rings is 1. The lowest BCUT2D eigenvalue weighted by Crippen LogP contribution is -2.33. The number of hydrogen-bond acceptors (Lipinski definition) is 6. The van der Waals surface area contributed by atoms with Crippen molar-refractivity contribution in [1.29, 1.82) is 0 Å². The van der Waals surface area contributed by atoms with Gasteiger partial charge in [-0.1, -0.05) is 35.6 Å². The average molecular weight is 360 g/mol. The second-order valence-electron chi connectivity index (χ2n) is 4.21. The van der Waals surface area contributed by atoms with Crippen LogP contribution >= 0.6 is 35.6 Å². The Kier molecular flexibility index (Phi) is 4.94. The number of carboxylic acid groups (broad SMARTS) is 1. The molecule has 0 unspecified atom stereocenters. The van der Waals surface area contributed by atoms with Gasteiger partial charge >= 0.3 is 5.97 Å². The van der Waals surface area contributed by atoms with Gasteiger partial charge < -0.3 is 14.9 Å². The van der Waals surface area contributed by atoms with E-state index in [0.717, 1.165) is 16.7 Å². The van der Waals surface area contributed by atoms with Gasteiger partial charge in [0.25, 0.3) is 5.91 Å². The lowest BCUT2D eigenvalue weighted by Gasteiger charge is -2.10. The number of aromatic hydroxyl groups is 1. The molecule has 22 heavy (non-hydrogen) atoms. The molecule has 0 aromatic heterocycles. The first-order chi connectivity index (χ1) is 10.3. The fraction of sp³-hybridized carbons (Fsp3) is 0.154. The minimum Gasteiger partial charge on any atom is -0.504 e. The highest BCUT2D eigenvalue weighted by molar-refractivity contribution is 8.26. The first-order valence-corrected chi connectivity index (χ1v) is 7.47. The Morgan fingerprint density at radius 1 is 1.55 bits per heavy atom. The van der Waals surface area contributed by atoms with Crippen LogP contribution in [0.25, 0.3) is 6.08 Å². The number of amides is 1. The van der Waals surface area contributed by atoms with E-state index in [-0.39, 0.29) is 25.7 Å². The van der Waals surface area contributed by atoms with Gasteiger partial charge in [-0.2, -0.15) is 0 Å². The van der Waals surface area contributed by atoms with Crippen LogP contribution in [-0.4, -0.2) is 45.0 Å². The number of aliphatic carboxylic acids is 1. The summed E-state index contributed by atoms with van der Waals surface area (Å²) in [6, 6.07) is 2.77. The lowest BCUT2D eigenvalue weighted by molar-refractivity contribution is -0.140. The fourth-order valence-corrected chi connectivity index (χ4v) is 3.20. The van der Waals surface area contributed by atoms with Gasteiger partial charge in [0.05, 0.1) is 17.0 Å². The van der Waals surface area contributed by atoms with Crippen molar-refractivity contribution in [3.63, 3.8) is 0 Å². The van der Waals surface area contributed by atoms with Crippen molar-refractivity contribution in [2.24, 2.45) is 0 Å². The number of phenolic OH excluding ortho intramolecular Hbond substituents is 1. The monoisotopic (exact) mass is 359 g/mol. The van der Waals surface area contributed by atoms with Gasteiger partial charge in [-0.05, 0) is 17.7 Å². The summed E-state index contributed by atoms with van der Waals surface area (Å²) >= 11 is 12.0. The third kappa shape index (κ3) is 3.34. The molecule has 1 heterocycles. The predicted octanol–water partition coefficient (Wildman–Crippen LogP) is 2.34. The minimum absolute atomic E-state index is 0.122. The molecule has 0 bridgehead atoms. The molecule has 0 aliphatic carbocycles. The van der Waals surface area contributed by atoms with Crippen molar-refractivity contribution in [2.45, 2.75) is 0 Å². The number of phenols is 1. The van der Waals surface area contributed by atoms with Crippen molar-refractivity contribution < 1.29 is 24.5 Å². The number of rotatable bonds is 4. The summed E-state index contributed by atoms with van der Waals surface area (Å²) in [7, 11) is 1.39. The molecular formula is C13H10ClNO5S2. The van der Waals surface area contributed by atoms with E-state index in [1.807, 2.05) is 0 Å². The van der Waals surface area contributed by atoms with Crippen molar-refractivity contribution in [1.82, 2.24) is 4.90 Å². The largest absolute Gasteiger partial charge is 0.504 e. The zero-order valence-corrected chi connectivity index (χ0v) is 13.6. The quantitative estimate of drug-likeness (QED) is 0.630. The fourth-order valence-electron chi connectivity index (χ4n) is 1.75. The highest BCUT2D eigenvalue weighted by atomic mass is 35.5. The molecule has 2 N–H and O–H groups in total. The van der Waals surface area contributed by atoms with Gasteiger partial charge in [0, 0.05) is 6.07 Å². The van der Waals surface area contributed by atoms with Gasteiger partial charge in [-0.15, -0.1) is 0 Å². The standard InChI is InChI=1S/C13H10ClNO5S2/c1-20-9-2-6(7(14)4-8(9)16)3-10-12(19)15(5-11(17)18)13(21)22-10/h2-4,16H,5H2,1H3,(H,17,18)/b10-3+. The number of carbonyl (C=O) groups excluding carboxylic acids is 1. The first kappa shape index (κ1) is 16.6. The Morgan fingerprint density at radius 3 is 2.82 bits per heavy atom. The molecule has 0 radical (unpaired) electrons. The average Bonchev–Trinajstić information content (AvgIpc) is 2.69. The number of carboxylic acids is 1. The zero-order chi connectivity index (χ0) is 16.4. The number of methoxy groups -OCH3 is 1. The number of thiocarbonyl (C=S) groups is 1. The topological polar surface area (TPSA) is 87.1 Å². The summed E-state index contributed by atoms with van der Waals surface area (Å²) in [6.07, 6.45) is 1.48. The molecule has 1 aromatic rings. The number of nitrogens with zero attached hydrogens (tertiary/aromatic N) is 1. The Labute approximate surface area is 140 Å². The number of halogens is 1. The summed E-state index contributed by atoms with van der Waals surface area (Å²) < 4.78 is 5.15. The Hall–Kier alpha value is -1.77. The molecule has 116 valence electrons. The molecule has 1 aliphatic rings. The molecule has 1 saturated heterocycles. The van der Waals surface area contributed by atoms with Crippen LogP contribution in [-0.2, 0) is 9.59 Å². The van der Waals surface area contributed by atoms with Crippen LogP contribution in [0.3, 0.4) is 0 Å². The Morgan fingerprint density at radius 2 is 2.23 bits per heavy atom. The van der Waals surface area contributed by atoms with Crippen LogP contribution < -0.4 is 4.74 Å². The van der Waals surface area contributed by atoms with Crippen LogP contribution in [0.2, 0.25) is 5.02 Å². The maximum absolute atomic E-state index is 12.2. The molecule has 6 nitrogen and oxygen atoms in total. The number of carbonyl (C=O) groups is 2. The smallest absolute Gasteiger partial charge is 0.323 e. The molecular weight excluding hydrogens is 350 g/mol. The summed E-state index contributed by atoms with van der Waals surface area (Å²) in [5.41, 5.74) is 0.451. The molecule has 2 rings (SSSR count). The van der Waals surface area contributed by atoms with E-state index >= 15 is 0 Å². The molecule has 1 fully saturated rings. The number of thioether (sulfide) groups is 1. The van der Waals surface area contributed by atoms with E-state index in [1.165, 1.54) is 25.3 Å². The second kappa shape index (κ2) is 6.55. The van der Waals surface area contributed by atoms with Crippen LogP contribution in [0.4, 0.5) is 0 Å². The van der Waals surface area contributed by atoms with Crippen molar-refractivity contribution >= 4 is 57.9 Å². The first-order valence-electron chi connectivity index (χ1n) is 5.87. The van der Waals surface area contributed by atoms with Gasteiger partial charge in [0.15, 0.2) is 11.5 Å². The van der Waals surface area contributed by atoms with Crippen LogP contribution in [0.1, 0.15) is 5.56 Å². The van der Waals surface area contributed by atoms with E-state index in [9.17, 15) is 14.7 Å². The van der Waals surface area contributed by atoms with E-state index in [2.05, 4.69) is 0 Å². The second-order valence-corrected chi connectivity index (χ2v) is 6.29. The predicted molar refractivity (Wildman–Crippen MR) is 87.2 cm³/mol. The van der Waals surface area contributed by atoms with Crippen LogP contribution in [0, 0.1) is 0 Å². The SMILES string of the molecule is COc1cc(/C=C2/SC(=S)N(CC(=O)O)C2=O)c(Cl)cc1O. The highest BCUT2D eigenvalue weighted by Gasteiger charge is 2.33. The molecule has 0 spiro atoms. The third-order valence-corrected chi connectivity index (χ3v) is 4.46. The van der Waals surface area contributed by atoms with E-state index in [4.69, 9.17) is 33.7 Å². The van der Waals surface area contributed by atoms with E-state index < -0.39 is 18.4 Å². The number of hydrogen-bond donors (Lipinski definition) is 2. The number of ether oxygens (including phenoxy) is 1. The van der Waals surface area contributed by atoms with Crippen LogP contribution in [0.5, 0.6) is 11.5 Å². The van der Waals surface area contributed by atoms with Gasteiger partial charge in [-0.3, -0.25) is 14.5 Å². The zero-order valence-electron chi connectivity index (χ0n) is 11.2. The summed E-state index contributed by atoms with van der Waals surface area (Å²) in [5, 5.41) is 18.6. The minimum atomic E-state index is -1.15. The maximum atomic E-state index is 12.2. The van der Waals surface area contributed by atoms with Gasteiger partial charge in [-0.25, -0.2) is 0 Å². The molecule has 1 aromatic carbocycles. The molecule has 0 atom stereocenters. The maximum Gasteiger partial charge on any atom is 0.323 e.